The van der Waals surface area contributed by atoms with E-state index in [0.29, 0.717) is 0 Å². The number of carbonyl (C=O) groups excluding carboxylic acids is 1. The van der Waals surface area contributed by atoms with Crippen LogP contribution in [-0.4, -0.2) is 55.4 Å². The fourth-order valence-electron chi connectivity index (χ4n) is 2.65. The Morgan fingerprint density at radius 3 is 2.90 bits per heavy atom. The average Bonchev–Trinajstić information content (AvgIpc) is 2.41. The lowest BCUT2D eigenvalue weighted by molar-refractivity contribution is 0.0853. The summed E-state index contributed by atoms with van der Waals surface area (Å²) >= 11 is 0. The minimum absolute atomic E-state index is 0.110. The van der Waals surface area contributed by atoms with E-state index < -0.39 is 11.6 Å². The quantitative estimate of drug-likeness (QED) is 0.791. The topological polar surface area (TPSA) is 23.6 Å². The van der Waals surface area contributed by atoms with Gasteiger partial charge in [0.1, 0.15) is 11.6 Å². The number of halogens is 2. The molecule has 0 N–H and O–H groups in total. The molecule has 1 saturated heterocycles. The van der Waals surface area contributed by atoms with Crippen LogP contribution in [0.4, 0.5) is 8.78 Å². The van der Waals surface area contributed by atoms with Gasteiger partial charge < -0.3 is 4.90 Å². The molecule has 1 aromatic rings. The number of Topliss-reactive ketones (excluding diaryl/α,β-unsaturated/α-hetero) is 1. The molecular formula is C15H20F2N2O. The molecule has 0 amide bonds. The van der Waals surface area contributed by atoms with Crippen LogP contribution in [-0.2, 0) is 0 Å². The van der Waals surface area contributed by atoms with Crippen molar-refractivity contribution in [3.05, 3.63) is 35.4 Å². The van der Waals surface area contributed by atoms with Crippen molar-refractivity contribution < 1.29 is 13.6 Å². The Bertz CT molecular complexity index is 493. The monoisotopic (exact) mass is 282 g/mol. The maximum atomic E-state index is 13.6. The first-order valence-electron chi connectivity index (χ1n) is 6.84. The van der Waals surface area contributed by atoms with Gasteiger partial charge in [-0.1, -0.05) is 0 Å². The van der Waals surface area contributed by atoms with Gasteiger partial charge in [0.25, 0.3) is 0 Å². The van der Waals surface area contributed by atoms with Crippen LogP contribution >= 0.6 is 0 Å². The molecule has 1 aromatic carbocycles. The van der Waals surface area contributed by atoms with Gasteiger partial charge in [-0.05, 0) is 51.7 Å². The van der Waals surface area contributed by atoms with E-state index in [2.05, 4.69) is 4.90 Å². The molecule has 2 rings (SSSR count). The van der Waals surface area contributed by atoms with Crippen molar-refractivity contribution in [2.24, 2.45) is 0 Å². The average molecular weight is 282 g/mol. The maximum Gasteiger partial charge on any atom is 0.179 e. The van der Waals surface area contributed by atoms with Gasteiger partial charge in [0, 0.05) is 12.6 Å². The van der Waals surface area contributed by atoms with Crippen molar-refractivity contribution in [3.63, 3.8) is 0 Å². The highest BCUT2D eigenvalue weighted by molar-refractivity contribution is 5.97. The Morgan fingerprint density at radius 1 is 1.45 bits per heavy atom. The summed E-state index contributed by atoms with van der Waals surface area (Å²) in [6.07, 6.45) is 2.12. The van der Waals surface area contributed by atoms with Crippen LogP contribution in [0.25, 0.3) is 0 Å². The van der Waals surface area contributed by atoms with Crippen LogP contribution in [0, 0.1) is 11.6 Å². The van der Waals surface area contributed by atoms with Crippen LogP contribution in [0.3, 0.4) is 0 Å². The van der Waals surface area contributed by atoms with E-state index in [1.807, 2.05) is 19.0 Å². The van der Waals surface area contributed by atoms with Gasteiger partial charge in [0.05, 0.1) is 12.1 Å². The number of rotatable bonds is 4. The smallest absolute Gasteiger partial charge is 0.179 e. The van der Waals surface area contributed by atoms with Crippen molar-refractivity contribution in [2.45, 2.75) is 18.9 Å². The molecule has 0 bridgehead atoms. The minimum atomic E-state index is -0.662. The first-order chi connectivity index (χ1) is 9.47. The third-order valence-corrected chi connectivity index (χ3v) is 3.84. The number of hydrogen-bond donors (Lipinski definition) is 0. The summed E-state index contributed by atoms with van der Waals surface area (Å²) in [5.41, 5.74) is -0.166. The number of hydrogen-bond acceptors (Lipinski definition) is 3. The number of carbonyl (C=O) groups is 1. The highest BCUT2D eigenvalue weighted by Crippen LogP contribution is 2.15. The van der Waals surface area contributed by atoms with Gasteiger partial charge in [0.15, 0.2) is 5.78 Å². The first kappa shape index (κ1) is 15.1. The molecule has 20 heavy (non-hydrogen) atoms. The Labute approximate surface area is 118 Å². The Balaban J connectivity index is 2.01. The Kier molecular flexibility index (Phi) is 4.83. The molecule has 1 heterocycles. The van der Waals surface area contributed by atoms with Crippen LogP contribution in [0.15, 0.2) is 18.2 Å². The first-order valence-corrected chi connectivity index (χ1v) is 6.84. The highest BCUT2D eigenvalue weighted by atomic mass is 19.1. The highest BCUT2D eigenvalue weighted by Gasteiger charge is 2.23. The number of benzene rings is 1. The second-order valence-electron chi connectivity index (χ2n) is 5.52. The number of likely N-dealkylation sites (tertiary alicyclic amines) is 1. The van der Waals surface area contributed by atoms with Crippen molar-refractivity contribution >= 4 is 5.78 Å². The molecule has 110 valence electrons. The largest absolute Gasteiger partial charge is 0.305 e. The van der Waals surface area contributed by atoms with E-state index in [1.54, 1.807) is 0 Å². The predicted octanol–water partition coefficient (Wildman–Crippen LogP) is 2.17. The molecule has 0 spiro atoms. The second-order valence-corrected chi connectivity index (χ2v) is 5.52. The normalized spacial score (nSPS) is 20.4. The standard InChI is InChI=1S/C15H20F2N2O/c1-18-7-3-4-12(9-18)19(2)10-15(20)13-8-11(16)5-6-14(13)17/h5-6,8,12H,3-4,7,9-10H2,1-2H3. The van der Waals surface area contributed by atoms with Crippen LogP contribution in [0.1, 0.15) is 23.2 Å². The second kappa shape index (κ2) is 6.41. The van der Waals surface area contributed by atoms with Gasteiger partial charge in [-0.3, -0.25) is 9.69 Å². The summed E-state index contributed by atoms with van der Waals surface area (Å²) in [7, 11) is 3.91. The molecule has 0 aromatic heterocycles. The molecule has 0 aliphatic carbocycles. The van der Waals surface area contributed by atoms with Crippen LogP contribution < -0.4 is 0 Å². The SMILES string of the molecule is CN1CCCC(N(C)CC(=O)c2cc(F)ccc2F)C1. The summed E-state index contributed by atoms with van der Waals surface area (Å²) < 4.78 is 26.7. The third kappa shape index (κ3) is 3.61. The third-order valence-electron chi connectivity index (χ3n) is 3.84. The van der Waals surface area contributed by atoms with E-state index in [-0.39, 0.29) is 23.9 Å². The number of ketones is 1. The van der Waals surface area contributed by atoms with Crippen LogP contribution in [0.5, 0.6) is 0 Å². The maximum absolute atomic E-state index is 13.6. The lowest BCUT2D eigenvalue weighted by Gasteiger charge is -2.35. The van der Waals surface area contributed by atoms with E-state index in [9.17, 15) is 13.6 Å². The predicted molar refractivity (Wildman–Crippen MR) is 73.8 cm³/mol. The van der Waals surface area contributed by atoms with Crippen molar-refractivity contribution in [2.75, 3.05) is 33.7 Å². The molecule has 3 nitrogen and oxygen atoms in total. The summed E-state index contributed by atoms with van der Waals surface area (Å²) in [6, 6.07) is 3.27. The fraction of sp³-hybridized carbons (Fsp3) is 0.533. The molecule has 1 aliphatic heterocycles. The lowest BCUT2D eigenvalue weighted by Crippen LogP contribution is -2.46. The summed E-state index contributed by atoms with van der Waals surface area (Å²) in [4.78, 5) is 16.2. The molecule has 1 aliphatic rings. The Morgan fingerprint density at radius 2 is 2.20 bits per heavy atom. The summed E-state index contributed by atoms with van der Waals surface area (Å²) in [6.45, 7) is 2.07. The molecule has 0 radical (unpaired) electrons. The molecule has 5 heteroatoms. The van der Waals surface area contributed by atoms with Crippen LogP contribution in [0.2, 0.25) is 0 Å². The molecule has 1 fully saturated rings. The van der Waals surface area contributed by atoms with Gasteiger partial charge in [-0.2, -0.15) is 0 Å². The fourth-order valence-corrected chi connectivity index (χ4v) is 2.65. The molecular weight excluding hydrogens is 262 g/mol. The number of nitrogens with zero attached hydrogens (tertiary/aromatic N) is 2. The van der Waals surface area contributed by atoms with E-state index in [0.717, 1.165) is 44.1 Å². The summed E-state index contributed by atoms with van der Waals surface area (Å²) in [5.74, 6) is -1.63. The molecule has 1 atom stereocenters. The Hall–Kier alpha value is -1.33. The summed E-state index contributed by atoms with van der Waals surface area (Å²) in [5, 5.41) is 0. The van der Waals surface area contributed by atoms with Gasteiger partial charge in [0.2, 0.25) is 0 Å². The van der Waals surface area contributed by atoms with Crippen molar-refractivity contribution in [1.82, 2.24) is 9.80 Å². The van der Waals surface area contributed by atoms with Gasteiger partial charge in [-0.25, -0.2) is 8.78 Å². The zero-order valence-electron chi connectivity index (χ0n) is 11.9. The van der Waals surface area contributed by atoms with E-state index in [1.165, 1.54) is 0 Å². The van der Waals surface area contributed by atoms with Crippen molar-refractivity contribution in [1.29, 1.82) is 0 Å². The van der Waals surface area contributed by atoms with E-state index in [4.69, 9.17) is 0 Å². The van der Waals surface area contributed by atoms with Crippen molar-refractivity contribution in [3.8, 4) is 0 Å². The zero-order chi connectivity index (χ0) is 14.7. The molecule has 0 saturated carbocycles. The number of piperidine rings is 1. The number of likely N-dealkylation sites (N-methyl/N-ethyl adjacent to an activating group) is 2. The van der Waals surface area contributed by atoms with Gasteiger partial charge >= 0.3 is 0 Å². The zero-order valence-corrected chi connectivity index (χ0v) is 11.9. The van der Waals surface area contributed by atoms with E-state index >= 15 is 0 Å². The molecule has 1 unspecified atom stereocenters. The van der Waals surface area contributed by atoms with Gasteiger partial charge in [-0.15, -0.1) is 0 Å². The lowest BCUT2D eigenvalue weighted by atomic mass is 10.0. The minimum Gasteiger partial charge on any atom is -0.305 e.